The van der Waals surface area contributed by atoms with Gasteiger partial charge >= 0.3 is 0 Å². The summed E-state index contributed by atoms with van der Waals surface area (Å²) in [4.78, 5) is 14.5. The molecule has 10 heteroatoms. The lowest BCUT2D eigenvalue weighted by molar-refractivity contribution is -0.384. The fourth-order valence-corrected chi connectivity index (χ4v) is 2.08. The summed E-state index contributed by atoms with van der Waals surface area (Å²) in [5, 5.41) is 12.6. The number of morpholine rings is 1. The maximum absolute atomic E-state index is 10.7. The van der Waals surface area contributed by atoms with Crippen LogP contribution in [0.3, 0.4) is 0 Å². The standard InChI is InChI=1S/C13H13Cl3N4O3/c14-11(12(15)16)13(18-19-5-7-23-8-6-19)17-9-1-3-10(4-2-9)20(21)22/h1-4H,5-8H2,(H,17,18). The molecule has 0 aromatic heterocycles. The van der Waals surface area contributed by atoms with Gasteiger partial charge < -0.3 is 10.2 Å². The second-order valence-electron chi connectivity index (χ2n) is 4.52. The maximum atomic E-state index is 10.7. The molecule has 0 radical (unpaired) electrons. The van der Waals surface area contributed by atoms with Crippen LogP contribution < -0.4 is 5.43 Å². The van der Waals surface area contributed by atoms with Gasteiger partial charge in [-0.3, -0.25) is 10.1 Å². The molecule has 1 N–H and O–H groups in total. The number of rotatable bonds is 4. The molecule has 0 unspecified atom stereocenters. The summed E-state index contributed by atoms with van der Waals surface area (Å²) in [6.45, 7) is 2.44. The zero-order valence-corrected chi connectivity index (χ0v) is 14.1. The molecule has 1 aromatic carbocycles. The van der Waals surface area contributed by atoms with Gasteiger partial charge in [-0.25, -0.2) is 10.0 Å². The molecule has 0 amide bonds. The van der Waals surface area contributed by atoms with Crippen LogP contribution in [0.2, 0.25) is 0 Å². The molecule has 0 atom stereocenters. The van der Waals surface area contributed by atoms with Gasteiger partial charge in [0, 0.05) is 25.2 Å². The molecule has 0 saturated carbocycles. The molecule has 1 aliphatic heterocycles. The molecule has 0 spiro atoms. The van der Waals surface area contributed by atoms with E-state index in [0.717, 1.165) is 0 Å². The minimum atomic E-state index is -0.483. The van der Waals surface area contributed by atoms with Gasteiger partial charge in [-0.2, -0.15) is 0 Å². The van der Waals surface area contributed by atoms with E-state index in [2.05, 4.69) is 10.4 Å². The van der Waals surface area contributed by atoms with Crippen molar-refractivity contribution in [1.82, 2.24) is 10.4 Å². The van der Waals surface area contributed by atoms with Crippen molar-refractivity contribution in [1.29, 1.82) is 0 Å². The van der Waals surface area contributed by atoms with Gasteiger partial charge in [-0.05, 0) is 12.1 Å². The van der Waals surface area contributed by atoms with E-state index in [9.17, 15) is 10.1 Å². The van der Waals surface area contributed by atoms with Gasteiger partial charge in [0.1, 0.15) is 9.52 Å². The van der Waals surface area contributed by atoms with Crippen molar-refractivity contribution in [3.05, 3.63) is 43.9 Å². The number of ether oxygens (including phenoxy) is 1. The van der Waals surface area contributed by atoms with Crippen LogP contribution in [0.1, 0.15) is 0 Å². The number of halogens is 3. The Labute approximate surface area is 147 Å². The first-order valence-corrected chi connectivity index (χ1v) is 7.74. The highest BCUT2D eigenvalue weighted by Crippen LogP contribution is 2.23. The summed E-state index contributed by atoms with van der Waals surface area (Å²) >= 11 is 17.6. The van der Waals surface area contributed by atoms with E-state index in [4.69, 9.17) is 39.5 Å². The normalized spacial score (nSPS) is 16.0. The van der Waals surface area contributed by atoms with Crippen LogP contribution >= 0.6 is 34.8 Å². The minimum Gasteiger partial charge on any atom is -0.379 e. The number of nitrogens with zero attached hydrogens (tertiary/aromatic N) is 3. The summed E-state index contributed by atoms with van der Waals surface area (Å²) in [6.07, 6.45) is 0. The van der Waals surface area contributed by atoms with Crippen molar-refractivity contribution in [2.75, 3.05) is 26.3 Å². The van der Waals surface area contributed by atoms with Crippen molar-refractivity contribution < 1.29 is 9.66 Å². The van der Waals surface area contributed by atoms with Crippen LogP contribution in [-0.4, -0.2) is 42.1 Å². The van der Waals surface area contributed by atoms with E-state index < -0.39 is 4.92 Å². The lowest BCUT2D eigenvalue weighted by Crippen LogP contribution is -2.48. The SMILES string of the molecule is O=[N+]([O-])c1ccc(N=C(NN2CCOCC2)C(Cl)=C(Cl)Cl)cc1. The van der Waals surface area contributed by atoms with Gasteiger partial charge in [0.05, 0.1) is 23.8 Å². The molecule has 124 valence electrons. The van der Waals surface area contributed by atoms with Crippen LogP contribution in [0.25, 0.3) is 0 Å². The van der Waals surface area contributed by atoms with Crippen LogP contribution in [0, 0.1) is 10.1 Å². The molecule has 1 heterocycles. The maximum Gasteiger partial charge on any atom is 0.269 e. The fraction of sp³-hybridized carbons (Fsp3) is 0.308. The monoisotopic (exact) mass is 378 g/mol. The molecule has 1 fully saturated rings. The number of hydrogen-bond donors (Lipinski definition) is 1. The Kier molecular flexibility index (Phi) is 6.61. The van der Waals surface area contributed by atoms with Gasteiger partial charge in [0.25, 0.3) is 5.69 Å². The Balaban J connectivity index is 2.24. The summed E-state index contributed by atoms with van der Waals surface area (Å²) in [6, 6.07) is 5.72. The number of non-ortho nitro benzene ring substituents is 1. The Hall–Kier alpha value is -1.38. The van der Waals surface area contributed by atoms with Crippen LogP contribution in [0.15, 0.2) is 38.8 Å². The number of nitrogens with one attached hydrogen (secondary N) is 1. The smallest absolute Gasteiger partial charge is 0.269 e. The second-order valence-corrected chi connectivity index (χ2v) is 5.85. The largest absolute Gasteiger partial charge is 0.379 e. The second kappa shape index (κ2) is 8.47. The highest BCUT2D eigenvalue weighted by atomic mass is 35.5. The van der Waals surface area contributed by atoms with Crippen LogP contribution in [0.5, 0.6) is 0 Å². The number of nitro benzene ring substituents is 1. The average Bonchev–Trinajstić information content (AvgIpc) is 2.55. The summed E-state index contributed by atoms with van der Waals surface area (Å²) < 4.78 is 5.13. The average molecular weight is 380 g/mol. The van der Waals surface area contributed by atoms with Gasteiger partial charge in [0.15, 0.2) is 5.84 Å². The third-order valence-electron chi connectivity index (χ3n) is 2.95. The molecule has 2 rings (SSSR count). The number of amidine groups is 1. The van der Waals surface area contributed by atoms with E-state index >= 15 is 0 Å². The molecule has 1 aliphatic rings. The van der Waals surface area contributed by atoms with Crippen molar-refractivity contribution in [2.24, 2.45) is 4.99 Å². The molecule has 0 aliphatic carbocycles. The number of hydrogen-bond acceptors (Lipinski definition) is 5. The van der Waals surface area contributed by atoms with Crippen molar-refractivity contribution in [3.8, 4) is 0 Å². The zero-order valence-electron chi connectivity index (χ0n) is 11.8. The lowest BCUT2D eigenvalue weighted by Gasteiger charge is -2.28. The van der Waals surface area contributed by atoms with Gasteiger partial charge in [-0.1, -0.05) is 34.8 Å². The van der Waals surface area contributed by atoms with E-state index in [0.29, 0.717) is 32.0 Å². The quantitative estimate of drug-likeness (QED) is 0.375. The molecular formula is C13H13Cl3N4O3. The van der Waals surface area contributed by atoms with Gasteiger partial charge in [0.2, 0.25) is 0 Å². The van der Waals surface area contributed by atoms with Gasteiger partial charge in [-0.15, -0.1) is 0 Å². The molecular weight excluding hydrogens is 367 g/mol. The Morgan fingerprint density at radius 2 is 1.83 bits per heavy atom. The number of aliphatic imine (C=N–C) groups is 1. The lowest BCUT2D eigenvalue weighted by atomic mass is 10.3. The summed E-state index contributed by atoms with van der Waals surface area (Å²) in [7, 11) is 0. The fourth-order valence-electron chi connectivity index (χ4n) is 1.82. The first-order chi connectivity index (χ1) is 11.0. The van der Waals surface area contributed by atoms with E-state index in [1.807, 2.05) is 5.01 Å². The third-order valence-corrected chi connectivity index (χ3v) is 3.89. The Morgan fingerprint density at radius 1 is 1.22 bits per heavy atom. The predicted molar refractivity (Wildman–Crippen MR) is 90.3 cm³/mol. The highest BCUT2D eigenvalue weighted by Gasteiger charge is 2.16. The van der Waals surface area contributed by atoms with Crippen molar-refractivity contribution in [2.45, 2.75) is 0 Å². The molecule has 23 heavy (non-hydrogen) atoms. The molecule has 7 nitrogen and oxygen atoms in total. The third kappa shape index (κ3) is 5.33. The van der Waals surface area contributed by atoms with Crippen molar-refractivity contribution in [3.63, 3.8) is 0 Å². The Bertz CT molecular complexity index is 624. The number of hydrazine groups is 1. The zero-order chi connectivity index (χ0) is 16.8. The van der Waals surface area contributed by atoms with E-state index in [1.165, 1.54) is 24.3 Å². The first kappa shape index (κ1) is 18.0. The Morgan fingerprint density at radius 3 is 2.35 bits per heavy atom. The molecule has 1 aromatic rings. The summed E-state index contributed by atoms with van der Waals surface area (Å²) in [5.41, 5.74) is 3.48. The topological polar surface area (TPSA) is 80.0 Å². The predicted octanol–water partition coefficient (Wildman–Crippen LogP) is 3.35. The highest BCUT2D eigenvalue weighted by molar-refractivity contribution is 6.62. The first-order valence-electron chi connectivity index (χ1n) is 6.61. The van der Waals surface area contributed by atoms with Crippen LogP contribution in [-0.2, 0) is 4.74 Å². The van der Waals surface area contributed by atoms with Crippen molar-refractivity contribution >= 4 is 52.0 Å². The number of benzene rings is 1. The molecule has 0 bridgehead atoms. The van der Waals surface area contributed by atoms with Crippen LogP contribution in [0.4, 0.5) is 11.4 Å². The molecule has 1 saturated heterocycles. The summed E-state index contributed by atoms with van der Waals surface area (Å²) in [5.74, 6) is 0.252. The minimum absolute atomic E-state index is 0.0244. The number of nitro groups is 1. The van der Waals surface area contributed by atoms with E-state index in [-0.39, 0.29) is 21.0 Å². The van der Waals surface area contributed by atoms with E-state index in [1.54, 1.807) is 0 Å².